The normalized spacial score (nSPS) is 10.7. The van der Waals surface area contributed by atoms with Crippen molar-refractivity contribution >= 4 is 29.3 Å². The molecule has 0 aliphatic heterocycles. The van der Waals surface area contributed by atoms with Crippen molar-refractivity contribution in [3.05, 3.63) is 64.2 Å². The first-order valence-electron chi connectivity index (χ1n) is 6.89. The molecule has 4 heteroatoms. The van der Waals surface area contributed by atoms with Crippen LogP contribution < -0.4 is 10.1 Å². The molecule has 22 heavy (non-hydrogen) atoms. The number of ether oxygens (including phenoxy) is 1. The summed E-state index contributed by atoms with van der Waals surface area (Å²) in [7, 11) is 1.61. The Balaban J connectivity index is 2.13. The lowest BCUT2D eigenvalue weighted by Crippen LogP contribution is -2.08. The third-order valence-electron chi connectivity index (χ3n) is 3.18. The fraction of sp³-hybridized carbons (Fsp3) is 0.167. The van der Waals surface area contributed by atoms with Crippen molar-refractivity contribution in [3.63, 3.8) is 0 Å². The first kappa shape index (κ1) is 16.1. The van der Waals surface area contributed by atoms with Crippen LogP contribution in [0.4, 0.5) is 5.69 Å². The van der Waals surface area contributed by atoms with E-state index in [4.69, 9.17) is 16.3 Å². The van der Waals surface area contributed by atoms with Gasteiger partial charge >= 0.3 is 0 Å². The molecule has 0 bridgehead atoms. The first-order chi connectivity index (χ1) is 10.5. The average Bonchev–Trinajstić information content (AvgIpc) is 2.48. The molecule has 0 fully saturated rings. The largest absolute Gasteiger partial charge is 0.496 e. The summed E-state index contributed by atoms with van der Waals surface area (Å²) in [5.41, 5.74) is 3.59. The summed E-state index contributed by atoms with van der Waals surface area (Å²) >= 11 is 6.10. The molecule has 2 rings (SSSR count). The quantitative estimate of drug-likeness (QED) is 0.836. The molecule has 2 aromatic carbocycles. The lowest BCUT2D eigenvalue weighted by atomic mass is 10.1. The highest BCUT2D eigenvalue weighted by Gasteiger charge is 2.04. The van der Waals surface area contributed by atoms with Gasteiger partial charge < -0.3 is 10.1 Å². The second-order valence-electron chi connectivity index (χ2n) is 5.05. The van der Waals surface area contributed by atoms with Crippen LogP contribution in [0.3, 0.4) is 0 Å². The predicted molar refractivity (Wildman–Crippen MR) is 91.6 cm³/mol. The molecule has 0 heterocycles. The van der Waals surface area contributed by atoms with Crippen molar-refractivity contribution < 1.29 is 9.53 Å². The van der Waals surface area contributed by atoms with Crippen LogP contribution in [0.2, 0.25) is 5.02 Å². The molecule has 0 radical (unpaired) electrons. The lowest BCUT2D eigenvalue weighted by Gasteiger charge is -2.07. The number of aryl methyl sites for hydroxylation is 2. The predicted octanol–water partition coefficient (Wildman–Crippen LogP) is 4.62. The van der Waals surface area contributed by atoms with E-state index in [0.717, 1.165) is 22.4 Å². The van der Waals surface area contributed by atoms with Crippen LogP contribution in [0.15, 0.2) is 42.5 Å². The van der Waals surface area contributed by atoms with E-state index < -0.39 is 0 Å². The molecule has 0 aromatic heterocycles. The molecule has 0 atom stereocenters. The summed E-state index contributed by atoms with van der Waals surface area (Å²) < 4.78 is 5.28. The number of anilines is 1. The second kappa shape index (κ2) is 7.14. The Labute approximate surface area is 135 Å². The Bertz CT molecular complexity index is 723. The molecular formula is C18H18ClNO2. The van der Waals surface area contributed by atoms with Gasteiger partial charge in [-0.1, -0.05) is 29.3 Å². The van der Waals surface area contributed by atoms with E-state index in [1.807, 2.05) is 44.2 Å². The monoisotopic (exact) mass is 315 g/mol. The van der Waals surface area contributed by atoms with E-state index in [0.29, 0.717) is 10.7 Å². The van der Waals surface area contributed by atoms with Crippen LogP contribution in [-0.4, -0.2) is 13.0 Å². The lowest BCUT2D eigenvalue weighted by molar-refractivity contribution is -0.111. The number of nitrogens with one attached hydrogen (secondary N) is 1. The minimum Gasteiger partial charge on any atom is -0.496 e. The van der Waals surface area contributed by atoms with Crippen LogP contribution in [0.1, 0.15) is 16.7 Å². The Morgan fingerprint density at radius 1 is 1.14 bits per heavy atom. The van der Waals surface area contributed by atoms with Crippen molar-refractivity contribution in [3.8, 4) is 5.75 Å². The van der Waals surface area contributed by atoms with Crippen LogP contribution in [0, 0.1) is 13.8 Å². The van der Waals surface area contributed by atoms with Crippen molar-refractivity contribution in [2.24, 2.45) is 0 Å². The number of benzene rings is 2. The molecule has 1 N–H and O–H groups in total. The molecular weight excluding hydrogens is 298 g/mol. The molecule has 0 saturated carbocycles. The maximum absolute atomic E-state index is 12.0. The van der Waals surface area contributed by atoms with Gasteiger partial charge in [-0.2, -0.15) is 0 Å². The summed E-state index contributed by atoms with van der Waals surface area (Å²) in [6.07, 6.45) is 3.19. The summed E-state index contributed by atoms with van der Waals surface area (Å²) in [6, 6.07) is 11.3. The van der Waals surface area contributed by atoms with Gasteiger partial charge in [-0.15, -0.1) is 0 Å². The average molecular weight is 316 g/mol. The Morgan fingerprint density at radius 3 is 2.50 bits per heavy atom. The van der Waals surface area contributed by atoms with Crippen LogP contribution in [0.25, 0.3) is 6.08 Å². The summed E-state index contributed by atoms with van der Waals surface area (Å²) in [5, 5.41) is 3.28. The van der Waals surface area contributed by atoms with E-state index in [1.54, 1.807) is 19.3 Å². The Morgan fingerprint density at radius 2 is 1.82 bits per heavy atom. The number of rotatable bonds is 4. The number of hydrogen-bond acceptors (Lipinski definition) is 2. The number of carbonyl (C=O) groups excluding carboxylic acids is 1. The third-order valence-corrected chi connectivity index (χ3v) is 3.49. The zero-order valence-corrected chi connectivity index (χ0v) is 13.6. The zero-order chi connectivity index (χ0) is 16.1. The van der Waals surface area contributed by atoms with Gasteiger partial charge in [0.15, 0.2) is 0 Å². The third kappa shape index (κ3) is 4.12. The highest BCUT2D eigenvalue weighted by molar-refractivity contribution is 6.33. The number of halogens is 1. The van der Waals surface area contributed by atoms with E-state index in [2.05, 4.69) is 5.32 Å². The van der Waals surface area contributed by atoms with Gasteiger partial charge in [-0.05, 0) is 49.8 Å². The molecule has 2 aromatic rings. The SMILES string of the molecule is COc1ccc(C)cc1/C=C/C(=O)Nc1ccc(C)cc1Cl. The first-order valence-corrected chi connectivity index (χ1v) is 7.27. The van der Waals surface area contributed by atoms with Gasteiger partial charge in [0, 0.05) is 11.6 Å². The van der Waals surface area contributed by atoms with Crippen molar-refractivity contribution in [1.29, 1.82) is 0 Å². The molecule has 1 amide bonds. The van der Waals surface area contributed by atoms with Crippen LogP contribution in [-0.2, 0) is 4.79 Å². The van der Waals surface area contributed by atoms with Gasteiger partial charge in [0.05, 0.1) is 17.8 Å². The fourth-order valence-electron chi connectivity index (χ4n) is 2.05. The van der Waals surface area contributed by atoms with Crippen molar-refractivity contribution in [2.45, 2.75) is 13.8 Å². The van der Waals surface area contributed by atoms with Gasteiger partial charge in [-0.3, -0.25) is 4.79 Å². The minimum absolute atomic E-state index is 0.241. The van der Waals surface area contributed by atoms with E-state index >= 15 is 0 Å². The topological polar surface area (TPSA) is 38.3 Å². The van der Waals surface area contributed by atoms with E-state index in [-0.39, 0.29) is 5.91 Å². The fourth-order valence-corrected chi connectivity index (χ4v) is 2.33. The van der Waals surface area contributed by atoms with Crippen LogP contribution >= 0.6 is 11.6 Å². The molecule has 0 aliphatic carbocycles. The zero-order valence-electron chi connectivity index (χ0n) is 12.8. The standard InChI is InChI=1S/C18H18ClNO2/c1-12-5-8-17(22-3)14(10-12)6-9-18(21)20-16-7-4-13(2)11-15(16)19/h4-11H,1-3H3,(H,20,21)/b9-6+. The van der Waals surface area contributed by atoms with Gasteiger partial charge in [0.2, 0.25) is 5.91 Å². The Hall–Kier alpha value is -2.26. The number of carbonyl (C=O) groups is 1. The maximum Gasteiger partial charge on any atom is 0.248 e. The smallest absolute Gasteiger partial charge is 0.248 e. The highest BCUT2D eigenvalue weighted by atomic mass is 35.5. The number of hydrogen-bond donors (Lipinski definition) is 1. The number of amides is 1. The van der Waals surface area contributed by atoms with E-state index in [1.165, 1.54) is 6.08 Å². The van der Waals surface area contributed by atoms with Gasteiger partial charge in [-0.25, -0.2) is 0 Å². The summed E-state index contributed by atoms with van der Waals surface area (Å²) in [4.78, 5) is 12.0. The van der Waals surface area contributed by atoms with Crippen molar-refractivity contribution in [1.82, 2.24) is 0 Å². The summed E-state index contributed by atoms with van der Waals surface area (Å²) in [6.45, 7) is 3.93. The molecule has 0 unspecified atom stereocenters. The molecule has 3 nitrogen and oxygen atoms in total. The molecule has 0 aliphatic rings. The Kier molecular flexibility index (Phi) is 5.23. The van der Waals surface area contributed by atoms with E-state index in [9.17, 15) is 4.79 Å². The van der Waals surface area contributed by atoms with Gasteiger partial charge in [0.25, 0.3) is 0 Å². The highest BCUT2D eigenvalue weighted by Crippen LogP contribution is 2.23. The van der Waals surface area contributed by atoms with Gasteiger partial charge in [0.1, 0.15) is 5.75 Å². The minimum atomic E-state index is -0.241. The van der Waals surface area contributed by atoms with Crippen molar-refractivity contribution in [2.75, 3.05) is 12.4 Å². The molecule has 0 spiro atoms. The number of methoxy groups -OCH3 is 1. The summed E-state index contributed by atoms with van der Waals surface area (Å²) in [5.74, 6) is 0.484. The molecule has 114 valence electrons. The molecule has 0 saturated heterocycles. The maximum atomic E-state index is 12.0. The van der Waals surface area contributed by atoms with Crippen LogP contribution in [0.5, 0.6) is 5.75 Å². The second-order valence-corrected chi connectivity index (χ2v) is 5.46.